The van der Waals surface area contributed by atoms with Gasteiger partial charge in [0.05, 0.1) is 35.8 Å². The highest BCUT2D eigenvalue weighted by molar-refractivity contribution is 6.29. The molecule has 172 valence electrons. The first-order chi connectivity index (χ1) is 15.0. The van der Waals surface area contributed by atoms with Crippen LogP contribution in [-0.4, -0.2) is 65.3 Å². The van der Waals surface area contributed by atoms with Crippen molar-refractivity contribution in [1.82, 2.24) is 14.6 Å². The second-order valence-electron chi connectivity index (χ2n) is 6.71. The molecule has 0 aromatic carbocycles. The second-order valence-corrected chi connectivity index (χ2v) is 7.09. The number of halogens is 4. The number of dihydropyridines is 1. The number of amides is 2. The normalized spacial score (nSPS) is 19.6. The number of hydrogen-bond donors (Lipinski definition) is 1. The van der Waals surface area contributed by atoms with Gasteiger partial charge in [0, 0.05) is 19.4 Å². The summed E-state index contributed by atoms with van der Waals surface area (Å²) in [4.78, 5) is 32.2. The summed E-state index contributed by atoms with van der Waals surface area (Å²) in [6.07, 6.45) is -2.76. The zero-order chi connectivity index (χ0) is 23.7. The molecule has 0 saturated heterocycles. The van der Waals surface area contributed by atoms with Crippen LogP contribution in [-0.2, 0) is 14.3 Å². The zero-order valence-electron chi connectivity index (χ0n) is 16.8. The molecule has 2 amide bonds. The van der Waals surface area contributed by atoms with Crippen LogP contribution in [0.25, 0.3) is 5.65 Å². The van der Waals surface area contributed by atoms with Crippen molar-refractivity contribution in [3.63, 3.8) is 0 Å². The smallest absolute Gasteiger partial charge is 0.375 e. The summed E-state index contributed by atoms with van der Waals surface area (Å²) < 4.78 is 52.5. The van der Waals surface area contributed by atoms with Gasteiger partial charge in [-0.15, -0.1) is 0 Å². The molecule has 0 fully saturated rings. The molecular formula is C18H18ClF3N6O4. The molecule has 2 unspecified atom stereocenters. The first kappa shape index (κ1) is 23.6. The van der Waals surface area contributed by atoms with Gasteiger partial charge < -0.3 is 20.0 Å². The van der Waals surface area contributed by atoms with Crippen LogP contribution in [0.15, 0.2) is 28.9 Å². The minimum Gasteiger partial charge on any atom is -0.375 e. The fourth-order valence-corrected chi connectivity index (χ4v) is 3.48. The number of nitrogens with zero attached hydrogens (tertiary/aromatic N) is 5. The van der Waals surface area contributed by atoms with E-state index >= 15 is 0 Å². The van der Waals surface area contributed by atoms with E-state index in [2.05, 4.69) is 15.1 Å². The number of anilines is 1. The van der Waals surface area contributed by atoms with Gasteiger partial charge in [0.1, 0.15) is 12.9 Å². The molecule has 32 heavy (non-hydrogen) atoms. The van der Waals surface area contributed by atoms with E-state index in [0.29, 0.717) is 18.6 Å². The van der Waals surface area contributed by atoms with Crippen LogP contribution < -0.4 is 10.6 Å². The Morgan fingerprint density at radius 2 is 2.22 bits per heavy atom. The maximum Gasteiger partial charge on any atom is 0.417 e. The lowest BCUT2D eigenvalue weighted by molar-refractivity contribution is -0.116. The number of ether oxygens (including phenoxy) is 2. The van der Waals surface area contributed by atoms with Crippen LogP contribution in [0, 0.1) is 0 Å². The largest absolute Gasteiger partial charge is 0.417 e. The Bertz CT molecular complexity index is 1100. The zero-order valence-corrected chi connectivity index (χ0v) is 17.6. The van der Waals surface area contributed by atoms with Gasteiger partial charge in [0.15, 0.2) is 16.5 Å². The molecule has 0 radical (unpaired) electrons. The molecule has 1 aliphatic rings. The number of hydrogen-bond acceptors (Lipinski definition) is 7. The average Bonchev–Trinajstić information content (AvgIpc) is 3.11. The highest BCUT2D eigenvalue weighted by Crippen LogP contribution is 2.38. The number of nitrogens with two attached hydrogens (primary N) is 1. The summed E-state index contributed by atoms with van der Waals surface area (Å²) in [5.74, 6) is 0. The predicted octanol–water partition coefficient (Wildman–Crippen LogP) is 2.46. The molecule has 14 heteroatoms. The summed E-state index contributed by atoms with van der Waals surface area (Å²) >= 11 is 5.98. The van der Waals surface area contributed by atoms with Crippen molar-refractivity contribution in [3.8, 4) is 0 Å². The van der Waals surface area contributed by atoms with E-state index < -0.39 is 42.8 Å². The number of carbonyl (C=O) groups excluding carboxylic acids is 2. The van der Waals surface area contributed by atoms with Crippen LogP contribution >= 0.6 is 11.6 Å². The minimum atomic E-state index is -4.80. The van der Waals surface area contributed by atoms with E-state index in [4.69, 9.17) is 26.8 Å². The standard InChI is InChI=1S/C18H18ClF3N6O4/c1-10(31-2)15-12(8-25-14-5-13(19)26-28(14)15)27(16(23)30)17(32-4-3-29)6-11(7-24-9-17)18(20,21)22/h3,5-8,10H,4,9H2,1-2H3,(H2,23,30). The quantitative estimate of drug-likeness (QED) is 0.485. The number of fused-ring (bicyclic) bond motifs is 1. The molecule has 2 aromatic heterocycles. The Hall–Kier alpha value is -3.03. The third kappa shape index (κ3) is 4.31. The molecule has 2 atom stereocenters. The van der Waals surface area contributed by atoms with Crippen molar-refractivity contribution >= 4 is 41.5 Å². The molecule has 0 saturated carbocycles. The highest BCUT2D eigenvalue weighted by Gasteiger charge is 2.47. The van der Waals surface area contributed by atoms with Crippen molar-refractivity contribution in [1.29, 1.82) is 0 Å². The summed E-state index contributed by atoms with van der Waals surface area (Å²) in [6, 6.07) is 0.256. The van der Waals surface area contributed by atoms with E-state index in [1.165, 1.54) is 23.9 Å². The van der Waals surface area contributed by atoms with Crippen molar-refractivity contribution in [2.75, 3.05) is 25.2 Å². The molecule has 0 aliphatic carbocycles. The van der Waals surface area contributed by atoms with Crippen LogP contribution in [0.1, 0.15) is 18.7 Å². The maximum atomic E-state index is 13.5. The Morgan fingerprint density at radius 3 is 2.81 bits per heavy atom. The minimum absolute atomic E-state index is 0.0695. The Morgan fingerprint density at radius 1 is 1.50 bits per heavy atom. The van der Waals surface area contributed by atoms with Crippen LogP contribution in [0.5, 0.6) is 0 Å². The summed E-state index contributed by atoms with van der Waals surface area (Å²) in [5.41, 5.74) is 2.66. The number of aliphatic imine (C=N–C) groups is 1. The fourth-order valence-electron chi connectivity index (χ4n) is 3.31. The van der Waals surface area contributed by atoms with Gasteiger partial charge >= 0.3 is 12.2 Å². The monoisotopic (exact) mass is 474 g/mol. The van der Waals surface area contributed by atoms with Crippen LogP contribution in [0.3, 0.4) is 0 Å². The number of rotatable bonds is 7. The Labute approximate surface area is 184 Å². The first-order valence-electron chi connectivity index (χ1n) is 9.08. The lowest BCUT2D eigenvalue weighted by Crippen LogP contribution is -2.59. The topological polar surface area (TPSA) is 124 Å². The molecule has 1 aliphatic heterocycles. The van der Waals surface area contributed by atoms with Gasteiger partial charge in [0.25, 0.3) is 0 Å². The molecule has 2 N–H and O–H groups in total. The van der Waals surface area contributed by atoms with Gasteiger partial charge in [-0.2, -0.15) is 18.3 Å². The Kier molecular flexibility index (Phi) is 6.53. The SMILES string of the molecule is COC(C)c1c(N(C(N)=O)C2(OCC=O)C=C(C(F)(F)F)C=NC2)cnc2cc(Cl)nn12. The second kappa shape index (κ2) is 8.84. The van der Waals surface area contributed by atoms with Gasteiger partial charge in [-0.05, 0) is 13.0 Å². The van der Waals surface area contributed by atoms with Gasteiger partial charge in [-0.25, -0.2) is 14.3 Å². The van der Waals surface area contributed by atoms with Crippen molar-refractivity contribution < 1.29 is 32.2 Å². The number of aromatic nitrogens is 3. The molecule has 2 aromatic rings. The fraction of sp³-hybridized carbons (Fsp3) is 0.389. The number of allylic oxidation sites excluding steroid dienone is 1. The summed E-state index contributed by atoms with van der Waals surface area (Å²) in [7, 11) is 1.38. The van der Waals surface area contributed by atoms with Crippen LogP contribution in [0.2, 0.25) is 5.15 Å². The third-order valence-electron chi connectivity index (χ3n) is 4.71. The molecule has 3 heterocycles. The number of primary amides is 1. The lowest BCUT2D eigenvalue weighted by Gasteiger charge is -2.41. The Balaban J connectivity index is 2.31. The first-order valence-corrected chi connectivity index (χ1v) is 9.46. The van der Waals surface area contributed by atoms with E-state index in [1.54, 1.807) is 6.92 Å². The van der Waals surface area contributed by atoms with Crippen molar-refractivity contribution in [2.45, 2.75) is 24.9 Å². The summed E-state index contributed by atoms with van der Waals surface area (Å²) in [6.45, 7) is 0.503. The molecular weight excluding hydrogens is 457 g/mol. The third-order valence-corrected chi connectivity index (χ3v) is 4.89. The predicted molar refractivity (Wildman–Crippen MR) is 108 cm³/mol. The van der Waals surface area contributed by atoms with E-state index in [9.17, 15) is 22.8 Å². The molecule has 0 bridgehead atoms. The number of aldehydes is 1. The number of carbonyl (C=O) groups is 2. The van der Waals surface area contributed by atoms with E-state index in [1.807, 2.05) is 0 Å². The highest BCUT2D eigenvalue weighted by atomic mass is 35.5. The molecule has 3 rings (SSSR count). The number of urea groups is 1. The van der Waals surface area contributed by atoms with E-state index in [0.717, 1.165) is 4.90 Å². The van der Waals surface area contributed by atoms with Gasteiger partial charge in [0.2, 0.25) is 0 Å². The van der Waals surface area contributed by atoms with Crippen LogP contribution in [0.4, 0.5) is 23.7 Å². The number of methoxy groups -OCH3 is 1. The van der Waals surface area contributed by atoms with Crippen molar-refractivity contribution in [3.05, 3.63) is 34.8 Å². The average molecular weight is 475 g/mol. The lowest BCUT2D eigenvalue weighted by atomic mass is 10.0. The summed E-state index contributed by atoms with van der Waals surface area (Å²) in [5, 5.41) is 4.19. The maximum absolute atomic E-state index is 13.5. The molecule has 0 spiro atoms. The van der Waals surface area contributed by atoms with Crippen molar-refractivity contribution in [2.24, 2.45) is 10.7 Å². The van der Waals surface area contributed by atoms with Gasteiger partial charge in [-0.3, -0.25) is 9.89 Å². The van der Waals surface area contributed by atoms with Gasteiger partial charge in [-0.1, -0.05) is 11.6 Å². The molecule has 10 nitrogen and oxygen atoms in total. The van der Waals surface area contributed by atoms with E-state index in [-0.39, 0.29) is 22.2 Å². The number of alkyl halides is 3.